The van der Waals surface area contributed by atoms with Crippen molar-refractivity contribution in [1.82, 2.24) is 10.2 Å². The first-order valence-electron chi connectivity index (χ1n) is 5.15. The van der Waals surface area contributed by atoms with Crippen LogP contribution in [0.1, 0.15) is 0 Å². The summed E-state index contributed by atoms with van der Waals surface area (Å²) in [7, 11) is 0. The monoisotopic (exact) mass is 254 g/mol. The van der Waals surface area contributed by atoms with Crippen LogP contribution in [0.15, 0.2) is 0 Å². The minimum absolute atomic E-state index is 0.250. The zero-order valence-corrected chi connectivity index (χ0v) is 9.40. The van der Waals surface area contributed by atoms with Crippen LogP contribution in [0, 0.1) is 11.8 Å². The first-order valence-corrected chi connectivity index (χ1v) is 6.13. The molecule has 0 aromatic heterocycles. The third-order valence-electron chi connectivity index (χ3n) is 3.10. The maximum absolute atomic E-state index is 11.9. The van der Waals surface area contributed by atoms with E-state index in [1.165, 1.54) is 0 Å². The molecule has 2 fully saturated rings. The van der Waals surface area contributed by atoms with Crippen molar-refractivity contribution >= 4 is 17.7 Å². The highest BCUT2D eigenvalue weighted by Crippen LogP contribution is 2.31. The molecule has 16 heavy (non-hydrogen) atoms. The van der Waals surface area contributed by atoms with Gasteiger partial charge in [-0.15, -0.1) is 0 Å². The molecule has 2 atom stereocenters. The third kappa shape index (κ3) is 2.82. The Morgan fingerprint density at radius 1 is 1.31 bits per heavy atom. The first kappa shape index (κ1) is 12.0. The molecule has 7 heteroatoms. The van der Waals surface area contributed by atoms with E-state index in [0.29, 0.717) is 24.9 Å². The van der Waals surface area contributed by atoms with Gasteiger partial charge >= 0.3 is 5.51 Å². The number of amides is 1. The summed E-state index contributed by atoms with van der Waals surface area (Å²) in [5.74, 6) is -0.0208. The van der Waals surface area contributed by atoms with Gasteiger partial charge in [0, 0.05) is 26.2 Å². The minimum atomic E-state index is -4.31. The molecule has 92 valence electrons. The number of nitrogens with zero attached hydrogens (tertiary/aromatic N) is 1. The molecule has 3 nitrogen and oxygen atoms in total. The molecule has 2 saturated heterocycles. The summed E-state index contributed by atoms with van der Waals surface area (Å²) >= 11 is -0.250. The van der Waals surface area contributed by atoms with Gasteiger partial charge in [-0.05, 0) is 23.6 Å². The third-order valence-corrected chi connectivity index (χ3v) is 3.82. The molecule has 2 heterocycles. The standard InChI is InChI=1S/C9H13F3N2OS/c10-9(11,12)16-5-8(15)14-3-6-1-13-2-7(6)4-14/h6-7,13H,1-5H2/t6-,7+. The Labute approximate surface area is 95.7 Å². The van der Waals surface area contributed by atoms with Crippen LogP contribution in [0.5, 0.6) is 0 Å². The summed E-state index contributed by atoms with van der Waals surface area (Å²) in [6.45, 7) is 2.96. The molecule has 0 bridgehead atoms. The summed E-state index contributed by atoms with van der Waals surface area (Å²) in [5.41, 5.74) is -4.31. The van der Waals surface area contributed by atoms with Crippen molar-refractivity contribution in [3.63, 3.8) is 0 Å². The smallest absolute Gasteiger partial charge is 0.341 e. The topological polar surface area (TPSA) is 32.3 Å². The fraction of sp³-hybridized carbons (Fsp3) is 0.889. The summed E-state index contributed by atoms with van der Waals surface area (Å²) < 4.78 is 35.7. The normalized spacial score (nSPS) is 29.6. The number of hydrogen-bond acceptors (Lipinski definition) is 3. The fourth-order valence-electron chi connectivity index (χ4n) is 2.29. The highest BCUT2D eigenvalue weighted by atomic mass is 32.2. The van der Waals surface area contributed by atoms with Gasteiger partial charge in [0.05, 0.1) is 5.75 Å². The van der Waals surface area contributed by atoms with Gasteiger partial charge in [-0.2, -0.15) is 13.2 Å². The van der Waals surface area contributed by atoms with Gasteiger partial charge in [0.15, 0.2) is 0 Å². The van der Waals surface area contributed by atoms with Crippen LogP contribution in [-0.2, 0) is 4.79 Å². The van der Waals surface area contributed by atoms with Crippen molar-refractivity contribution in [2.75, 3.05) is 31.9 Å². The quantitative estimate of drug-likeness (QED) is 0.795. The summed E-state index contributed by atoms with van der Waals surface area (Å²) in [6, 6.07) is 0. The highest BCUT2D eigenvalue weighted by molar-refractivity contribution is 8.00. The molecule has 2 rings (SSSR count). The number of carbonyl (C=O) groups is 1. The highest BCUT2D eigenvalue weighted by Gasteiger charge is 2.39. The Bertz CT molecular complexity index is 272. The Kier molecular flexibility index (Phi) is 3.34. The molecule has 0 aromatic rings. The van der Waals surface area contributed by atoms with Gasteiger partial charge in [-0.3, -0.25) is 4.79 Å². The summed E-state index contributed by atoms with van der Waals surface area (Å²) in [4.78, 5) is 13.1. The van der Waals surface area contributed by atoms with Crippen LogP contribution >= 0.6 is 11.8 Å². The number of halogens is 3. The van der Waals surface area contributed by atoms with E-state index in [0.717, 1.165) is 13.1 Å². The second kappa shape index (κ2) is 4.44. The molecule has 2 aliphatic heterocycles. The van der Waals surface area contributed by atoms with Crippen LogP contribution in [-0.4, -0.2) is 48.2 Å². The van der Waals surface area contributed by atoms with E-state index >= 15 is 0 Å². The number of nitrogens with one attached hydrogen (secondary N) is 1. The Morgan fingerprint density at radius 3 is 2.38 bits per heavy atom. The fourth-order valence-corrected chi connectivity index (χ4v) is 2.76. The molecule has 1 N–H and O–H groups in total. The van der Waals surface area contributed by atoms with Crippen LogP contribution in [0.2, 0.25) is 0 Å². The lowest BCUT2D eigenvalue weighted by Gasteiger charge is -2.17. The molecule has 0 aliphatic carbocycles. The molecular formula is C9H13F3N2OS. The van der Waals surface area contributed by atoms with Crippen molar-refractivity contribution in [3.8, 4) is 0 Å². The van der Waals surface area contributed by atoms with E-state index in [2.05, 4.69) is 5.32 Å². The Morgan fingerprint density at radius 2 is 1.88 bits per heavy atom. The van der Waals surface area contributed by atoms with E-state index in [-0.39, 0.29) is 11.8 Å². The first-order chi connectivity index (χ1) is 7.46. The second-order valence-corrected chi connectivity index (χ2v) is 5.25. The van der Waals surface area contributed by atoms with Crippen LogP contribution in [0.3, 0.4) is 0 Å². The van der Waals surface area contributed by atoms with Gasteiger partial charge in [-0.25, -0.2) is 0 Å². The number of fused-ring (bicyclic) bond motifs is 1. The maximum atomic E-state index is 11.9. The van der Waals surface area contributed by atoms with E-state index < -0.39 is 17.2 Å². The summed E-state index contributed by atoms with van der Waals surface area (Å²) in [6.07, 6.45) is 0. The molecule has 1 amide bonds. The van der Waals surface area contributed by atoms with Gasteiger partial charge < -0.3 is 10.2 Å². The largest absolute Gasteiger partial charge is 0.442 e. The lowest BCUT2D eigenvalue weighted by molar-refractivity contribution is -0.127. The van der Waals surface area contributed by atoms with Crippen LogP contribution < -0.4 is 5.32 Å². The van der Waals surface area contributed by atoms with Gasteiger partial charge in [0.2, 0.25) is 5.91 Å². The number of carbonyl (C=O) groups excluding carboxylic acids is 1. The van der Waals surface area contributed by atoms with Crippen molar-refractivity contribution in [1.29, 1.82) is 0 Å². The number of thioether (sulfide) groups is 1. The van der Waals surface area contributed by atoms with Crippen molar-refractivity contribution in [2.45, 2.75) is 5.51 Å². The predicted molar refractivity (Wildman–Crippen MR) is 54.9 cm³/mol. The van der Waals surface area contributed by atoms with Crippen molar-refractivity contribution in [2.24, 2.45) is 11.8 Å². The van der Waals surface area contributed by atoms with Crippen molar-refractivity contribution < 1.29 is 18.0 Å². The predicted octanol–water partition coefficient (Wildman–Crippen LogP) is 0.917. The van der Waals surface area contributed by atoms with E-state index in [1.54, 1.807) is 4.90 Å². The molecular weight excluding hydrogens is 241 g/mol. The number of hydrogen-bond donors (Lipinski definition) is 1. The zero-order valence-electron chi connectivity index (χ0n) is 8.59. The molecule has 0 unspecified atom stereocenters. The van der Waals surface area contributed by atoms with Crippen molar-refractivity contribution in [3.05, 3.63) is 0 Å². The van der Waals surface area contributed by atoms with E-state index in [9.17, 15) is 18.0 Å². The number of likely N-dealkylation sites (tertiary alicyclic amines) is 1. The molecule has 0 radical (unpaired) electrons. The average molecular weight is 254 g/mol. The van der Waals surface area contributed by atoms with Crippen LogP contribution in [0.4, 0.5) is 13.2 Å². The Balaban J connectivity index is 1.79. The molecule has 2 aliphatic rings. The van der Waals surface area contributed by atoms with E-state index in [4.69, 9.17) is 0 Å². The number of rotatable bonds is 2. The second-order valence-electron chi connectivity index (χ2n) is 4.21. The average Bonchev–Trinajstić information content (AvgIpc) is 2.71. The van der Waals surface area contributed by atoms with Crippen LogP contribution in [0.25, 0.3) is 0 Å². The molecule has 0 spiro atoms. The molecule has 0 aromatic carbocycles. The summed E-state index contributed by atoms with van der Waals surface area (Å²) in [5, 5.41) is 3.22. The zero-order chi connectivity index (χ0) is 11.8. The lowest BCUT2D eigenvalue weighted by Crippen LogP contribution is -2.33. The van der Waals surface area contributed by atoms with Gasteiger partial charge in [0.1, 0.15) is 0 Å². The minimum Gasteiger partial charge on any atom is -0.341 e. The lowest BCUT2D eigenvalue weighted by atomic mass is 10.0. The molecule has 0 saturated carbocycles. The SMILES string of the molecule is O=C(CSC(F)(F)F)N1C[C@H]2CNC[C@H]2C1. The number of alkyl halides is 3. The van der Waals surface area contributed by atoms with Gasteiger partial charge in [-0.1, -0.05) is 0 Å². The maximum Gasteiger partial charge on any atom is 0.442 e. The van der Waals surface area contributed by atoms with Gasteiger partial charge in [0.25, 0.3) is 0 Å². The Hall–Kier alpha value is -0.430. The van der Waals surface area contributed by atoms with E-state index in [1.807, 2.05) is 0 Å².